The van der Waals surface area contributed by atoms with E-state index in [2.05, 4.69) is 10.6 Å². The molecule has 2 amide bonds. The Kier molecular flexibility index (Phi) is 7.00. The average Bonchev–Trinajstić information content (AvgIpc) is 2.97. The molecule has 0 unspecified atom stereocenters. The van der Waals surface area contributed by atoms with Gasteiger partial charge in [-0.2, -0.15) is 0 Å². The Hall–Kier alpha value is -3.15. The van der Waals surface area contributed by atoms with Crippen LogP contribution in [0.5, 0.6) is 5.75 Å². The molecule has 29 heavy (non-hydrogen) atoms. The largest absolute Gasteiger partial charge is 0.426 e. The van der Waals surface area contributed by atoms with E-state index in [4.69, 9.17) is 4.74 Å². The van der Waals surface area contributed by atoms with Crippen LogP contribution in [0.25, 0.3) is 0 Å². The first-order chi connectivity index (χ1) is 14.0. The zero-order valence-corrected chi connectivity index (χ0v) is 16.6. The summed E-state index contributed by atoms with van der Waals surface area (Å²) >= 11 is 0. The summed E-state index contributed by atoms with van der Waals surface area (Å²) in [5, 5.41) is 5.88. The van der Waals surface area contributed by atoms with E-state index in [1.807, 2.05) is 0 Å². The Morgan fingerprint density at radius 1 is 0.897 bits per heavy atom. The van der Waals surface area contributed by atoms with Crippen LogP contribution >= 0.6 is 0 Å². The molecule has 1 aliphatic rings. The van der Waals surface area contributed by atoms with Crippen molar-refractivity contribution in [2.45, 2.75) is 51.5 Å². The lowest BCUT2D eigenvalue weighted by molar-refractivity contribution is -0.131. The van der Waals surface area contributed by atoms with Crippen molar-refractivity contribution >= 4 is 23.5 Å². The lowest BCUT2D eigenvalue weighted by Crippen LogP contribution is -2.34. The van der Waals surface area contributed by atoms with Crippen LogP contribution in [0.4, 0.5) is 5.69 Å². The maximum atomic E-state index is 12.6. The van der Waals surface area contributed by atoms with Crippen molar-refractivity contribution in [3.05, 3.63) is 59.7 Å². The number of ether oxygens (including phenoxy) is 1. The Morgan fingerprint density at radius 2 is 1.62 bits per heavy atom. The number of carbonyl (C=O) groups excluding carboxylic acids is 3. The SMILES string of the molecule is CC(=O)Oc1ccccc1C(=O)Nc1cccc(C(=O)NC2CCCCCC2)c1. The molecular weight excluding hydrogens is 368 g/mol. The van der Waals surface area contributed by atoms with E-state index in [1.54, 1.807) is 48.5 Å². The van der Waals surface area contributed by atoms with Crippen molar-refractivity contribution in [3.63, 3.8) is 0 Å². The van der Waals surface area contributed by atoms with Crippen LogP contribution in [0.15, 0.2) is 48.5 Å². The van der Waals surface area contributed by atoms with Gasteiger partial charge in [0.15, 0.2) is 0 Å². The highest BCUT2D eigenvalue weighted by Gasteiger charge is 2.17. The van der Waals surface area contributed by atoms with Crippen LogP contribution in [0.1, 0.15) is 66.2 Å². The molecule has 0 spiro atoms. The third kappa shape index (κ3) is 5.91. The number of amides is 2. The van der Waals surface area contributed by atoms with Crippen LogP contribution < -0.4 is 15.4 Å². The summed E-state index contributed by atoms with van der Waals surface area (Å²) in [5.74, 6) is -0.848. The lowest BCUT2D eigenvalue weighted by atomic mass is 10.1. The van der Waals surface area contributed by atoms with E-state index in [9.17, 15) is 14.4 Å². The first-order valence-corrected chi connectivity index (χ1v) is 10.0. The van der Waals surface area contributed by atoms with E-state index in [-0.39, 0.29) is 23.3 Å². The number of benzene rings is 2. The number of carbonyl (C=O) groups is 3. The fraction of sp³-hybridized carbons (Fsp3) is 0.348. The molecule has 2 N–H and O–H groups in total. The molecule has 1 fully saturated rings. The Morgan fingerprint density at radius 3 is 2.34 bits per heavy atom. The summed E-state index contributed by atoms with van der Waals surface area (Å²) in [6.07, 6.45) is 6.75. The van der Waals surface area contributed by atoms with Crippen molar-refractivity contribution in [1.29, 1.82) is 0 Å². The van der Waals surface area contributed by atoms with Crippen molar-refractivity contribution in [2.75, 3.05) is 5.32 Å². The summed E-state index contributed by atoms with van der Waals surface area (Å²) in [4.78, 5) is 36.5. The highest BCUT2D eigenvalue weighted by molar-refractivity contribution is 6.07. The smallest absolute Gasteiger partial charge is 0.308 e. The topological polar surface area (TPSA) is 84.5 Å². The predicted octanol–water partition coefficient (Wildman–Crippen LogP) is 4.32. The van der Waals surface area contributed by atoms with E-state index in [0.717, 1.165) is 25.7 Å². The highest BCUT2D eigenvalue weighted by Crippen LogP contribution is 2.21. The third-order valence-corrected chi connectivity index (χ3v) is 4.96. The van der Waals surface area contributed by atoms with Gasteiger partial charge in [-0.05, 0) is 43.2 Å². The zero-order chi connectivity index (χ0) is 20.6. The van der Waals surface area contributed by atoms with Gasteiger partial charge in [0.25, 0.3) is 11.8 Å². The molecule has 3 rings (SSSR count). The van der Waals surface area contributed by atoms with E-state index in [0.29, 0.717) is 11.3 Å². The van der Waals surface area contributed by atoms with Gasteiger partial charge in [-0.3, -0.25) is 14.4 Å². The van der Waals surface area contributed by atoms with Crippen LogP contribution in [0.2, 0.25) is 0 Å². The molecule has 0 saturated heterocycles. The van der Waals surface area contributed by atoms with Crippen molar-refractivity contribution in [1.82, 2.24) is 5.32 Å². The Balaban J connectivity index is 1.69. The van der Waals surface area contributed by atoms with Gasteiger partial charge in [-0.1, -0.05) is 43.9 Å². The van der Waals surface area contributed by atoms with Crippen LogP contribution in [-0.2, 0) is 4.79 Å². The second-order valence-corrected chi connectivity index (χ2v) is 7.29. The summed E-state index contributed by atoms with van der Waals surface area (Å²) < 4.78 is 5.10. The number of rotatable bonds is 5. The van der Waals surface area contributed by atoms with Gasteiger partial charge in [0, 0.05) is 24.2 Å². The summed E-state index contributed by atoms with van der Waals surface area (Å²) in [7, 11) is 0. The monoisotopic (exact) mass is 394 g/mol. The molecule has 0 aliphatic heterocycles. The second kappa shape index (κ2) is 9.87. The number of hydrogen-bond acceptors (Lipinski definition) is 4. The molecule has 0 bridgehead atoms. The first-order valence-electron chi connectivity index (χ1n) is 10.0. The first kappa shape index (κ1) is 20.6. The van der Waals surface area contributed by atoms with Gasteiger partial charge in [0.1, 0.15) is 5.75 Å². The van der Waals surface area contributed by atoms with Gasteiger partial charge in [0.2, 0.25) is 0 Å². The summed E-state index contributed by atoms with van der Waals surface area (Å²) in [5.41, 5.74) is 1.25. The van der Waals surface area contributed by atoms with Gasteiger partial charge >= 0.3 is 5.97 Å². The van der Waals surface area contributed by atoms with Crippen molar-refractivity contribution in [3.8, 4) is 5.75 Å². The highest BCUT2D eigenvalue weighted by atomic mass is 16.5. The van der Waals surface area contributed by atoms with Crippen molar-refractivity contribution < 1.29 is 19.1 Å². The van der Waals surface area contributed by atoms with E-state index >= 15 is 0 Å². The quantitative estimate of drug-likeness (QED) is 0.449. The summed E-state index contributed by atoms with van der Waals surface area (Å²) in [6.45, 7) is 1.28. The molecule has 0 radical (unpaired) electrons. The van der Waals surface area contributed by atoms with Crippen LogP contribution in [0.3, 0.4) is 0 Å². The molecule has 1 saturated carbocycles. The number of esters is 1. The molecule has 2 aromatic rings. The van der Waals surface area contributed by atoms with Crippen LogP contribution in [-0.4, -0.2) is 23.8 Å². The van der Waals surface area contributed by atoms with Gasteiger partial charge in [-0.25, -0.2) is 0 Å². The van der Waals surface area contributed by atoms with E-state index < -0.39 is 11.9 Å². The zero-order valence-electron chi connectivity index (χ0n) is 16.6. The second-order valence-electron chi connectivity index (χ2n) is 7.29. The Bertz CT molecular complexity index is 886. The average molecular weight is 394 g/mol. The number of para-hydroxylation sites is 1. The maximum absolute atomic E-state index is 12.6. The molecule has 0 aromatic heterocycles. The summed E-state index contributed by atoms with van der Waals surface area (Å²) in [6, 6.07) is 13.6. The Labute approximate surface area is 170 Å². The number of nitrogens with one attached hydrogen (secondary N) is 2. The molecule has 2 aromatic carbocycles. The third-order valence-electron chi connectivity index (χ3n) is 4.96. The fourth-order valence-corrected chi connectivity index (χ4v) is 3.53. The number of anilines is 1. The van der Waals surface area contributed by atoms with Gasteiger partial charge in [-0.15, -0.1) is 0 Å². The van der Waals surface area contributed by atoms with Gasteiger partial charge < -0.3 is 15.4 Å². The molecule has 6 heteroatoms. The van der Waals surface area contributed by atoms with E-state index in [1.165, 1.54) is 19.8 Å². The normalized spacial score (nSPS) is 14.5. The van der Waals surface area contributed by atoms with Gasteiger partial charge in [0.05, 0.1) is 5.56 Å². The van der Waals surface area contributed by atoms with Crippen LogP contribution in [0, 0.1) is 0 Å². The molecule has 0 atom stereocenters. The van der Waals surface area contributed by atoms with Crippen molar-refractivity contribution in [2.24, 2.45) is 0 Å². The standard InChI is InChI=1S/C23H26N2O4/c1-16(26)29-21-14-7-6-13-20(21)23(28)25-19-12-8-9-17(15-19)22(27)24-18-10-4-2-3-5-11-18/h6-9,12-15,18H,2-5,10-11H2,1H3,(H,24,27)(H,25,28). The molecular formula is C23H26N2O4. The minimum atomic E-state index is -0.498. The molecule has 1 aliphatic carbocycles. The minimum Gasteiger partial charge on any atom is -0.426 e. The molecule has 152 valence electrons. The lowest BCUT2D eigenvalue weighted by Gasteiger charge is -2.16. The molecule has 0 heterocycles. The maximum Gasteiger partial charge on any atom is 0.308 e. The fourth-order valence-electron chi connectivity index (χ4n) is 3.53. The predicted molar refractivity (Wildman–Crippen MR) is 111 cm³/mol. The minimum absolute atomic E-state index is 0.131. The molecule has 6 nitrogen and oxygen atoms in total. The number of hydrogen-bond donors (Lipinski definition) is 2.